The molecule has 0 aromatic heterocycles. The summed E-state index contributed by atoms with van der Waals surface area (Å²) in [5, 5.41) is 5.88. The van der Waals surface area contributed by atoms with Crippen LogP contribution < -0.4 is 10.6 Å². The van der Waals surface area contributed by atoms with Gasteiger partial charge in [0.1, 0.15) is 0 Å². The van der Waals surface area contributed by atoms with Crippen LogP contribution in [0.5, 0.6) is 0 Å². The lowest BCUT2D eigenvalue weighted by molar-refractivity contribution is -0.118. The molecule has 0 fully saturated rings. The van der Waals surface area contributed by atoms with Crippen molar-refractivity contribution in [2.45, 2.75) is 37.2 Å². The van der Waals surface area contributed by atoms with Crippen LogP contribution in [0.4, 0.5) is 11.4 Å². The van der Waals surface area contributed by atoms with Crippen molar-refractivity contribution in [1.82, 2.24) is 0 Å². The molecule has 4 nitrogen and oxygen atoms in total. The number of anilines is 2. The summed E-state index contributed by atoms with van der Waals surface area (Å²) < 4.78 is -1.79. The van der Waals surface area contributed by atoms with Crippen LogP contribution in [0.25, 0.3) is 0 Å². The molecule has 1 aromatic rings. The van der Waals surface area contributed by atoms with E-state index in [4.69, 9.17) is 23.2 Å². The summed E-state index contributed by atoms with van der Waals surface area (Å²) in [6, 6.07) is 2.95. The number of rotatable bonds is 4. The Bertz CT molecular complexity index is 555. The van der Waals surface area contributed by atoms with Crippen LogP contribution in [0.1, 0.15) is 27.7 Å². The average Bonchev–Trinajstić information content (AvgIpc) is 2.32. The summed E-state index contributed by atoms with van der Waals surface area (Å²) >= 11 is 20.4. The lowest BCUT2D eigenvalue weighted by Crippen LogP contribution is -2.34. The quantitative estimate of drug-likeness (QED) is 0.588. The first-order valence-corrected chi connectivity index (χ1v) is 8.04. The average molecular weight is 381 g/mol. The molecular weight excluding hydrogens is 363 g/mol. The molecule has 0 unspecified atom stereocenters. The van der Waals surface area contributed by atoms with Crippen molar-refractivity contribution in [1.29, 1.82) is 0 Å². The third-order valence-electron chi connectivity index (χ3n) is 2.67. The monoisotopic (exact) mass is 380 g/mol. The molecular formula is C14H18Cl2N2O2S2. The van der Waals surface area contributed by atoms with Gasteiger partial charge in [0.05, 0.1) is 30.9 Å². The predicted octanol–water partition coefficient (Wildman–Crippen LogP) is 4.29. The van der Waals surface area contributed by atoms with E-state index in [-0.39, 0.29) is 21.9 Å². The van der Waals surface area contributed by atoms with Crippen LogP contribution in [-0.4, -0.2) is 21.3 Å². The summed E-state index contributed by atoms with van der Waals surface area (Å²) in [7, 11) is 0. The van der Waals surface area contributed by atoms with E-state index in [2.05, 4.69) is 35.9 Å². The van der Waals surface area contributed by atoms with E-state index in [0.29, 0.717) is 11.4 Å². The van der Waals surface area contributed by atoms with Gasteiger partial charge >= 0.3 is 0 Å². The van der Waals surface area contributed by atoms with Gasteiger partial charge in [-0.15, -0.1) is 0 Å². The van der Waals surface area contributed by atoms with Gasteiger partial charge < -0.3 is 10.6 Å². The zero-order chi connectivity index (χ0) is 17.3. The largest absolute Gasteiger partial charge is 0.323 e. The van der Waals surface area contributed by atoms with Crippen molar-refractivity contribution in [3.05, 3.63) is 22.2 Å². The van der Waals surface area contributed by atoms with Crippen LogP contribution in [0.15, 0.2) is 12.1 Å². The molecule has 0 heterocycles. The molecule has 0 saturated heterocycles. The van der Waals surface area contributed by atoms with Gasteiger partial charge in [-0.2, -0.15) is 25.3 Å². The summed E-state index contributed by atoms with van der Waals surface area (Å²) in [5.74, 6) is -0.676. The lowest BCUT2D eigenvalue weighted by atomic mass is 10.1. The topological polar surface area (TPSA) is 58.2 Å². The van der Waals surface area contributed by atoms with Crippen molar-refractivity contribution >= 4 is 71.6 Å². The zero-order valence-electron chi connectivity index (χ0n) is 12.6. The fraction of sp³-hybridized carbons (Fsp3) is 0.429. The molecule has 0 aliphatic carbocycles. The van der Waals surface area contributed by atoms with Crippen molar-refractivity contribution < 1.29 is 9.59 Å². The first-order chi connectivity index (χ1) is 9.82. The minimum Gasteiger partial charge on any atom is -0.323 e. The Morgan fingerprint density at radius 1 is 0.864 bits per heavy atom. The number of thiol groups is 2. The highest BCUT2D eigenvalue weighted by atomic mass is 35.5. The fourth-order valence-electron chi connectivity index (χ4n) is 1.30. The summed E-state index contributed by atoms with van der Waals surface area (Å²) in [5.41, 5.74) is 0.680. The molecule has 0 aliphatic heterocycles. The Labute approximate surface area is 151 Å². The first-order valence-electron chi connectivity index (χ1n) is 6.39. The molecule has 22 heavy (non-hydrogen) atoms. The molecule has 0 saturated carbocycles. The SMILES string of the molecule is CC(C)(S)C(=O)Nc1cc(Cl)c(Cl)cc1NC(=O)C(C)(C)S. The Morgan fingerprint density at radius 3 is 1.36 bits per heavy atom. The van der Waals surface area contributed by atoms with Gasteiger partial charge in [0, 0.05) is 0 Å². The fourth-order valence-corrected chi connectivity index (χ4v) is 1.74. The highest BCUT2D eigenvalue weighted by molar-refractivity contribution is 7.82. The van der Waals surface area contributed by atoms with Crippen LogP contribution in [-0.2, 0) is 9.59 Å². The molecule has 0 radical (unpaired) electrons. The predicted molar refractivity (Wildman–Crippen MR) is 99.9 cm³/mol. The van der Waals surface area contributed by atoms with E-state index in [9.17, 15) is 9.59 Å². The molecule has 1 aromatic carbocycles. The second-order valence-electron chi connectivity index (χ2n) is 5.84. The minimum atomic E-state index is -0.893. The van der Waals surface area contributed by atoms with E-state index in [0.717, 1.165) is 0 Å². The van der Waals surface area contributed by atoms with Crippen LogP contribution in [0, 0.1) is 0 Å². The maximum Gasteiger partial charge on any atom is 0.239 e. The molecule has 1 rings (SSSR count). The maximum absolute atomic E-state index is 12.1. The molecule has 2 amide bonds. The van der Waals surface area contributed by atoms with Crippen molar-refractivity contribution in [2.24, 2.45) is 0 Å². The first kappa shape index (κ1) is 19.5. The summed E-state index contributed by atoms with van der Waals surface area (Å²) in [6.45, 7) is 6.60. The Morgan fingerprint density at radius 2 is 1.14 bits per heavy atom. The normalized spacial score (nSPS) is 12.0. The number of nitrogens with one attached hydrogen (secondary N) is 2. The van der Waals surface area contributed by atoms with Crippen molar-refractivity contribution in [2.75, 3.05) is 10.6 Å². The molecule has 8 heteroatoms. The van der Waals surface area contributed by atoms with Gasteiger partial charge in [-0.25, -0.2) is 0 Å². The van der Waals surface area contributed by atoms with Gasteiger partial charge in [-0.3, -0.25) is 9.59 Å². The third kappa shape index (κ3) is 5.26. The van der Waals surface area contributed by atoms with E-state index >= 15 is 0 Å². The minimum absolute atomic E-state index is 0.261. The number of carbonyl (C=O) groups excluding carboxylic acids is 2. The molecule has 122 valence electrons. The number of hydrogen-bond acceptors (Lipinski definition) is 4. The van der Waals surface area contributed by atoms with Crippen molar-refractivity contribution in [3.63, 3.8) is 0 Å². The highest BCUT2D eigenvalue weighted by Gasteiger charge is 2.26. The van der Waals surface area contributed by atoms with Crippen LogP contribution in [0.2, 0.25) is 10.0 Å². The number of carbonyl (C=O) groups is 2. The standard InChI is InChI=1S/C14H18Cl2N2O2S2/c1-13(2,21)11(19)17-9-5-7(15)8(16)6-10(9)18-12(20)14(3,4)22/h5-6,21-22H,1-4H3,(H,17,19)(H,18,20). The van der Waals surface area contributed by atoms with Crippen LogP contribution in [0.3, 0.4) is 0 Å². The van der Waals surface area contributed by atoms with Gasteiger partial charge in [-0.1, -0.05) is 23.2 Å². The molecule has 0 atom stereocenters. The third-order valence-corrected chi connectivity index (χ3v) is 3.80. The summed E-state index contributed by atoms with van der Waals surface area (Å²) in [4.78, 5) is 24.1. The molecule has 0 spiro atoms. The molecule has 0 bridgehead atoms. The number of hydrogen-bond donors (Lipinski definition) is 4. The van der Waals surface area contributed by atoms with Gasteiger partial charge in [-0.05, 0) is 39.8 Å². The van der Waals surface area contributed by atoms with Gasteiger partial charge in [0.15, 0.2) is 0 Å². The number of benzene rings is 1. The second kappa shape index (κ2) is 6.91. The highest BCUT2D eigenvalue weighted by Crippen LogP contribution is 2.34. The Balaban J connectivity index is 3.18. The van der Waals surface area contributed by atoms with E-state index in [1.807, 2.05) is 0 Å². The maximum atomic E-state index is 12.1. The Kier molecular flexibility index (Phi) is 6.12. The smallest absolute Gasteiger partial charge is 0.239 e. The lowest BCUT2D eigenvalue weighted by Gasteiger charge is -2.22. The van der Waals surface area contributed by atoms with Gasteiger partial charge in [0.2, 0.25) is 11.8 Å². The number of halogens is 2. The van der Waals surface area contributed by atoms with E-state index in [1.165, 1.54) is 12.1 Å². The molecule has 2 N–H and O–H groups in total. The zero-order valence-corrected chi connectivity index (χ0v) is 15.9. The van der Waals surface area contributed by atoms with E-state index in [1.54, 1.807) is 27.7 Å². The Hall–Kier alpha value is -0.560. The van der Waals surface area contributed by atoms with Gasteiger partial charge in [0.25, 0.3) is 0 Å². The molecule has 0 aliphatic rings. The second-order valence-corrected chi connectivity index (χ2v) is 8.89. The number of amides is 2. The summed E-state index contributed by atoms with van der Waals surface area (Å²) in [6.07, 6.45) is 0. The van der Waals surface area contributed by atoms with Crippen molar-refractivity contribution in [3.8, 4) is 0 Å². The van der Waals surface area contributed by atoms with E-state index < -0.39 is 9.49 Å². The van der Waals surface area contributed by atoms with Crippen LogP contribution >= 0.6 is 48.5 Å².